The fourth-order valence-electron chi connectivity index (χ4n) is 2.60. The first kappa shape index (κ1) is 14.1. The van der Waals surface area contributed by atoms with Gasteiger partial charge < -0.3 is 9.64 Å². The predicted octanol–water partition coefficient (Wildman–Crippen LogP) is 1.66. The highest BCUT2D eigenvalue weighted by Gasteiger charge is 2.21. The highest BCUT2D eigenvalue weighted by molar-refractivity contribution is 5.96. The summed E-state index contributed by atoms with van der Waals surface area (Å²) in [6, 6.07) is 5.66. The Balaban J connectivity index is 1.98. The monoisotopic (exact) mass is 296 g/mol. The SMILES string of the molecule is C#CCOC(=O)c1cc(-n2cnnc2)ccc1N1CCCC1. The van der Waals surface area contributed by atoms with E-state index in [1.54, 1.807) is 23.3 Å². The minimum Gasteiger partial charge on any atom is -0.449 e. The number of hydrogen-bond donors (Lipinski definition) is 0. The number of carbonyl (C=O) groups is 1. The molecule has 1 aromatic carbocycles. The molecule has 1 aliphatic heterocycles. The van der Waals surface area contributed by atoms with Crippen molar-refractivity contribution in [3.63, 3.8) is 0 Å². The summed E-state index contributed by atoms with van der Waals surface area (Å²) >= 11 is 0. The molecule has 22 heavy (non-hydrogen) atoms. The number of carbonyl (C=O) groups excluding carboxylic acids is 1. The predicted molar refractivity (Wildman–Crippen MR) is 81.9 cm³/mol. The van der Waals surface area contributed by atoms with E-state index in [0.29, 0.717) is 5.56 Å². The van der Waals surface area contributed by atoms with Gasteiger partial charge in [0.05, 0.1) is 11.3 Å². The third-order valence-corrected chi connectivity index (χ3v) is 3.65. The number of aromatic nitrogens is 3. The highest BCUT2D eigenvalue weighted by atomic mass is 16.5. The molecule has 6 nitrogen and oxygen atoms in total. The standard InChI is InChI=1S/C16H16N4O2/c1-2-9-22-16(21)14-10-13(20-11-17-18-12-20)5-6-15(14)19-7-3-4-8-19/h1,5-6,10-12H,3-4,7-9H2. The topological polar surface area (TPSA) is 60.3 Å². The molecular formula is C16H16N4O2. The van der Waals surface area contributed by atoms with Crippen LogP contribution in [0.2, 0.25) is 0 Å². The fourth-order valence-corrected chi connectivity index (χ4v) is 2.60. The summed E-state index contributed by atoms with van der Waals surface area (Å²) in [5, 5.41) is 7.56. The molecule has 2 heterocycles. The van der Waals surface area contributed by atoms with Gasteiger partial charge >= 0.3 is 5.97 Å². The van der Waals surface area contributed by atoms with Gasteiger partial charge in [-0.15, -0.1) is 16.6 Å². The van der Waals surface area contributed by atoms with Gasteiger partial charge in [0.15, 0.2) is 6.61 Å². The summed E-state index contributed by atoms with van der Waals surface area (Å²) in [5.74, 6) is 1.91. The average molecular weight is 296 g/mol. The second kappa shape index (κ2) is 6.31. The number of rotatable bonds is 4. The Morgan fingerprint density at radius 1 is 1.27 bits per heavy atom. The maximum Gasteiger partial charge on any atom is 0.341 e. The van der Waals surface area contributed by atoms with Gasteiger partial charge in [-0.05, 0) is 31.0 Å². The van der Waals surface area contributed by atoms with Crippen molar-refractivity contribution in [2.45, 2.75) is 12.8 Å². The Hall–Kier alpha value is -2.81. The zero-order chi connectivity index (χ0) is 15.4. The lowest BCUT2D eigenvalue weighted by Gasteiger charge is -2.21. The fraction of sp³-hybridized carbons (Fsp3) is 0.312. The van der Waals surface area contributed by atoms with Crippen LogP contribution in [-0.4, -0.2) is 40.4 Å². The first-order chi connectivity index (χ1) is 10.8. The third kappa shape index (κ3) is 2.79. The lowest BCUT2D eigenvalue weighted by atomic mass is 10.1. The number of anilines is 1. The van der Waals surface area contributed by atoms with Gasteiger partial charge in [-0.3, -0.25) is 4.57 Å². The van der Waals surface area contributed by atoms with Crippen LogP contribution in [0.4, 0.5) is 5.69 Å². The van der Waals surface area contributed by atoms with Gasteiger partial charge in [0.25, 0.3) is 0 Å². The van der Waals surface area contributed by atoms with Crippen LogP contribution in [0.25, 0.3) is 5.69 Å². The Kier molecular flexibility index (Phi) is 4.05. The number of terminal acetylenes is 1. The van der Waals surface area contributed by atoms with Crippen molar-refractivity contribution >= 4 is 11.7 Å². The Bertz CT molecular complexity index is 697. The molecule has 6 heteroatoms. The number of hydrogen-bond acceptors (Lipinski definition) is 5. The van der Waals surface area contributed by atoms with Gasteiger partial charge in [0.1, 0.15) is 12.7 Å². The van der Waals surface area contributed by atoms with Crippen LogP contribution in [0.5, 0.6) is 0 Å². The van der Waals surface area contributed by atoms with Crippen molar-refractivity contribution in [2.75, 3.05) is 24.6 Å². The van der Waals surface area contributed by atoms with Gasteiger partial charge in [-0.25, -0.2) is 4.79 Å². The Labute approximate surface area is 128 Å². The second-order valence-electron chi connectivity index (χ2n) is 5.05. The van der Waals surface area contributed by atoms with Crippen LogP contribution in [0, 0.1) is 12.3 Å². The number of benzene rings is 1. The molecule has 0 bridgehead atoms. The van der Waals surface area contributed by atoms with Crippen LogP contribution >= 0.6 is 0 Å². The van der Waals surface area contributed by atoms with Gasteiger partial charge in [-0.1, -0.05) is 5.92 Å². The summed E-state index contributed by atoms with van der Waals surface area (Å²) in [5.41, 5.74) is 2.21. The minimum atomic E-state index is -0.408. The largest absolute Gasteiger partial charge is 0.449 e. The summed E-state index contributed by atoms with van der Waals surface area (Å²) in [6.07, 6.45) is 10.6. The molecule has 0 amide bonds. The summed E-state index contributed by atoms with van der Waals surface area (Å²) < 4.78 is 6.85. The number of esters is 1. The quantitative estimate of drug-likeness (QED) is 0.634. The van der Waals surface area contributed by atoms with Crippen molar-refractivity contribution in [3.05, 3.63) is 36.4 Å². The van der Waals surface area contributed by atoms with E-state index in [0.717, 1.165) is 37.3 Å². The zero-order valence-corrected chi connectivity index (χ0v) is 12.1. The average Bonchev–Trinajstić information content (AvgIpc) is 3.24. The van der Waals surface area contributed by atoms with E-state index in [1.807, 2.05) is 12.1 Å². The van der Waals surface area contributed by atoms with Gasteiger partial charge in [0.2, 0.25) is 0 Å². The highest BCUT2D eigenvalue weighted by Crippen LogP contribution is 2.27. The lowest BCUT2D eigenvalue weighted by Crippen LogP contribution is -2.21. The normalized spacial score (nSPS) is 13.9. The van der Waals surface area contributed by atoms with E-state index in [1.165, 1.54) is 0 Å². The molecule has 2 aromatic rings. The van der Waals surface area contributed by atoms with Crippen molar-refractivity contribution in [2.24, 2.45) is 0 Å². The second-order valence-corrected chi connectivity index (χ2v) is 5.05. The van der Waals surface area contributed by atoms with Crippen LogP contribution in [0.3, 0.4) is 0 Å². The van der Waals surface area contributed by atoms with E-state index in [9.17, 15) is 4.79 Å². The van der Waals surface area contributed by atoms with Crippen molar-refractivity contribution in [3.8, 4) is 18.0 Å². The first-order valence-electron chi connectivity index (χ1n) is 7.14. The molecule has 0 N–H and O–H groups in total. The van der Waals surface area contributed by atoms with Crippen molar-refractivity contribution in [1.29, 1.82) is 0 Å². The molecule has 0 spiro atoms. The van der Waals surface area contributed by atoms with Crippen LogP contribution < -0.4 is 4.90 Å². The summed E-state index contributed by atoms with van der Waals surface area (Å²) in [7, 11) is 0. The molecule has 1 aromatic heterocycles. The Morgan fingerprint density at radius 2 is 2.00 bits per heavy atom. The number of ether oxygens (including phenoxy) is 1. The van der Waals surface area contributed by atoms with Crippen LogP contribution in [0.15, 0.2) is 30.9 Å². The maximum absolute atomic E-state index is 12.3. The van der Waals surface area contributed by atoms with Crippen LogP contribution in [-0.2, 0) is 4.74 Å². The third-order valence-electron chi connectivity index (χ3n) is 3.65. The van der Waals surface area contributed by atoms with E-state index < -0.39 is 5.97 Å². The molecule has 0 radical (unpaired) electrons. The molecule has 1 aliphatic rings. The molecule has 1 fully saturated rings. The molecular weight excluding hydrogens is 280 g/mol. The first-order valence-corrected chi connectivity index (χ1v) is 7.14. The molecule has 0 saturated carbocycles. The van der Waals surface area contributed by atoms with Crippen molar-refractivity contribution < 1.29 is 9.53 Å². The van der Waals surface area contributed by atoms with Crippen molar-refractivity contribution in [1.82, 2.24) is 14.8 Å². The molecule has 0 atom stereocenters. The molecule has 1 saturated heterocycles. The smallest absolute Gasteiger partial charge is 0.341 e. The van der Waals surface area contributed by atoms with E-state index in [2.05, 4.69) is 21.0 Å². The molecule has 0 aliphatic carbocycles. The summed E-state index contributed by atoms with van der Waals surface area (Å²) in [6.45, 7) is 1.86. The summed E-state index contributed by atoms with van der Waals surface area (Å²) in [4.78, 5) is 14.5. The Morgan fingerprint density at radius 3 is 2.68 bits per heavy atom. The molecule has 0 unspecified atom stereocenters. The van der Waals surface area contributed by atoms with Gasteiger partial charge in [0, 0.05) is 18.8 Å². The van der Waals surface area contributed by atoms with E-state index in [4.69, 9.17) is 11.2 Å². The minimum absolute atomic E-state index is 0.0326. The lowest BCUT2D eigenvalue weighted by molar-refractivity contribution is 0.0557. The molecule has 112 valence electrons. The van der Waals surface area contributed by atoms with E-state index >= 15 is 0 Å². The zero-order valence-electron chi connectivity index (χ0n) is 12.1. The number of nitrogens with zero attached hydrogens (tertiary/aromatic N) is 4. The molecule has 3 rings (SSSR count). The maximum atomic E-state index is 12.3. The van der Waals surface area contributed by atoms with Gasteiger partial charge in [-0.2, -0.15) is 0 Å². The van der Waals surface area contributed by atoms with Crippen LogP contribution in [0.1, 0.15) is 23.2 Å². The van der Waals surface area contributed by atoms with E-state index in [-0.39, 0.29) is 6.61 Å².